The van der Waals surface area contributed by atoms with Crippen LogP contribution >= 0.6 is 0 Å². The van der Waals surface area contributed by atoms with Gasteiger partial charge in [0.05, 0.1) is 12.4 Å². The van der Waals surface area contributed by atoms with Gasteiger partial charge < -0.3 is 0 Å². The van der Waals surface area contributed by atoms with Crippen molar-refractivity contribution in [2.45, 2.75) is 6.92 Å². The molecule has 0 saturated heterocycles. The number of carbonyl (C=O) groups excluding carboxylic acids is 1. The summed E-state index contributed by atoms with van der Waals surface area (Å²) in [6.45, 7) is 2.00. The van der Waals surface area contributed by atoms with Crippen LogP contribution in [-0.2, 0) is 0 Å². The van der Waals surface area contributed by atoms with Crippen molar-refractivity contribution in [2.24, 2.45) is 0 Å². The minimum Gasteiger partial charge on any atom is -0.297 e. The third kappa shape index (κ3) is 1.74. The number of rotatable bonds is 2. The fourth-order valence-corrected chi connectivity index (χ4v) is 2.48. The molecule has 0 saturated carbocycles. The second-order valence-corrected chi connectivity index (χ2v) is 4.98. The molecular formula is C16H12N4O. The maximum Gasteiger partial charge on any atom is 0.229 e. The highest BCUT2D eigenvalue weighted by Gasteiger charge is 2.18. The number of aromatic nitrogens is 4. The number of fused-ring (bicyclic) bond motifs is 2. The topological polar surface area (TPSA) is 51.7 Å². The minimum absolute atomic E-state index is 0.0925. The zero-order valence-electron chi connectivity index (χ0n) is 11.4. The predicted octanol–water partition coefficient (Wildman–Crippen LogP) is 2.52. The average molecular weight is 276 g/mol. The molecule has 0 radical (unpaired) electrons. The number of hydrogen-bond donors (Lipinski definition) is 0. The third-order valence-corrected chi connectivity index (χ3v) is 3.55. The monoisotopic (exact) mass is 276 g/mol. The Balaban J connectivity index is 1.90. The summed E-state index contributed by atoms with van der Waals surface area (Å²) in [5.41, 5.74) is 3.71. The first kappa shape index (κ1) is 11.8. The number of pyridine rings is 2. The molecule has 4 rings (SSSR count). The molecule has 0 aromatic carbocycles. The zero-order chi connectivity index (χ0) is 14.4. The van der Waals surface area contributed by atoms with Gasteiger partial charge >= 0.3 is 0 Å². The molecule has 0 unspecified atom stereocenters. The van der Waals surface area contributed by atoms with E-state index in [2.05, 4.69) is 9.97 Å². The molecule has 0 aliphatic carbocycles. The van der Waals surface area contributed by atoms with Gasteiger partial charge in [0.25, 0.3) is 0 Å². The van der Waals surface area contributed by atoms with E-state index < -0.39 is 0 Å². The Labute approximate surface area is 120 Å². The summed E-state index contributed by atoms with van der Waals surface area (Å²) in [4.78, 5) is 21.3. The second kappa shape index (κ2) is 4.28. The maximum absolute atomic E-state index is 12.8. The fourth-order valence-electron chi connectivity index (χ4n) is 2.48. The standard InChI is InChI=1S/C16H12N4O/c1-11-5-7-20-13(10-18-15(20)8-11)16(21)12-9-17-14-4-2-3-6-19(12)14/h2-10H,1H3. The van der Waals surface area contributed by atoms with Crippen LogP contribution in [0.15, 0.2) is 55.1 Å². The maximum atomic E-state index is 12.8. The molecule has 4 heterocycles. The van der Waals surface area contributed by atoms with Crippen LogP contribution in [0.25, 0.3) is 11.3 Å². The Morgan fingerprint density at radius 1 is 0.952 bits per heavy atom. The van der Waals surface area contributed by atoms with Gasteiger partial charge in [-0.25, -0.2) is 9.97 Å². The van der Waals surface area contributed by atoms with Crippen molar-refractivity contribution in [3.8, 4) is 0 Å². The lowest BCUT2D eigenvalue weighted by Crippen LogP contribution is -2.08. The van der Waals surface area contributed by atoms with Crippen LogP contribution in [-0.4, -0.2) is 24.6 Å². The Morgan fingerprint density at radius 2 is 1.67 bits per heavy atom. The van der Waals surface area contributed by atoms with Gasteiger partial charge in [-0.3, -0.25) is 13.6 Å². The van der Waals surface area contributed by atoms with Gasteiger partial charge in [-0.15, -0.1) is 0 Å². The van der Waals surface area contributed by atoms with E-state index in [9.17, 15) is 4.79 Å². The molecule has 0 fully saturated rings. The Kier molecular flexibility index (Phi) is 2.41. The summed E-state index contributed by atoms with van der Waals surface area (Å²) in [5.74, 6) is -0.0925. The van der Waals surface area contributed by atoms with Crippen LogP contribution < -0.4 is 0 Å². The van der Waals surface area contributed by atoms with Crippen molar-refractivity contribution >= 4 is 17.1 Å². The van der Waals surface area contributed by atoms with E-state index >= 15 is 0 Å². The van der Waals surface area contributed by atoms with Crippen molar-refractivity contribution in [3.63, 3.8) is 0 Å². The summed E-state index contributed by atoms with van der Waals surface area (Å²) in [7, 11) is 0. The Hall–Kier alpha value is -2.95. The summed E-state index contributed by atoms with van der Waals surface area (Å²) in [6.07, 6.45) is 6.92. The van der Waals surface area contributed by atoms with Gasteiger partial charge in [-0.1, -0.05) is 6.07 Å². The van der Waals surface area contributed by atoms with Crippen LogP contribution in [0.5, 0.6) is 0 Å². The third-order valence-electron chi connectivity index (χ3n) is 3.55. The van der Waals surface area contributed by atoms with Crippen molar-refractivity contribution in [1.29, 1.82) is 0 Å². The Morgan fingerprint density at radius 3 is 2.48 bits per heavy atom. The van der Waals surface area contributed by atoms with E-state index in [1.165, 1.54) is 0 Å². The van der Waals surface area contributed by atoms with E-state index in [-0.39, 0.29) is 5.78 Å². The van der Waals surface area contributed by atoms with Crippen LogP contribution in [0.1, 0.15) is 21.7 Å². The number of nitrogens with zero attached hydrogens (tertiary/aromatic N) is 4. The quantitative estimate of drug-likeness (QED) is 0.529. The minimum atomic E-state index is -0.0925. The summed E-state index contributed by atoms with van der Waals surface area (Å²) >= 11 is 0. The Bertz CT molecular complexity index is 980. The van der Waals surface area contributed by atoms with Gasteiger partial charge in [0.1, 0.15) is 22.7 Å². The highest BCUT2D eigenvalue weighted by atomic mass is 16.1. The highest BCUT2D eigenvalue weighted by Crippen LogP contribution is 2.15. The first-order chi connectivity index (χ1) is 10.2. The lowest BCUT2D eigenvalue weighted by molar-refractivity contribution is 0.102. The summed E-state index contributed by atoms with van der Waals surface area (Å²) in [6, 6.07) is 9.55. The van der Waals surface area contributed by atoms with E-state index in [0.29, 0.717) is 11.4 Å². The van der Waals surface area contributed by atoms with Gasteiger partial charge in [0, 0.05) is 12.4 Å². The number of ketones is 1. The highest BCUT2D eigenvalue weighted by molar-refractivity contribution is 6.07. The molecule has 4 aromatic heterocycles. The number of aryl methyl sites for hydroxylation is 1. The molecule has 21 heavy (non-hydrogen) atoms. The molecular weight excluding hydrogens is 264 g/mol. The molecule has 5 heteroatoms. The molecule has 0 spiro atoms. The number of imidazole rings is 2. The van der Waals surface area contributed by atoms with Gasteiger partial charge in [0.15, 0.2) is 0 Å². The van der Waals surface area contributed by atoms with Crippen LogP contribution in [0.2, 0.25) is 0 Å². The van der Waals surface area contributed by atoms with Gasteiger partial charge in [0.2, 0.25) is 5.78 Å². The molecule has 0 N–H and O–H groups in total. The molecule has 0 amide bonds. The summed E-state index contributed by atoms with van der Waals surface area (Å²) < 4.78 is 3.59. The van der Waals surface area contributed by atoms with Crippen molar-refractivity contribution < 1.29 is 4.79 Å². The van der Waals surface area contributed by atoms with Crippen molar-refractivity contribution in [1.82, 2.24) is 18.8 Å². The van der Waals surface area contributed by atoms with Crippen LogP contribution in [0.3, 0.4) is 0 Å². The lowest BCUT2D eigenvalue weighted by Gasteiger charge is -2.02. The molecule has 0 aliphatic heterocycles. The lowest BCUT2D eigenvalue weighted by atomic mass is 10.2. The SMILES string of the molecule is Cc1ccn2c(C(=O)c3cnc4ccccn34)cnc2c1. The predicted molar refractivity (Wildman–Crippen MR) is 78.6 cm³/mol. The van der Waals surface area contributed by atoms with Crippen LogP contribution in [0.4, 0.5) is 0 Å². The number of hydrogen-bond acceptors (Lipinski definition) is 3. The molecule has 102 valence electrons. The largest absolute Gasteiger partial charge is 0.297 e. The molecule has 0 aliphatic rings. The molecule has 0 atom stereocenters. The zero-order valence-corrected chi connectivity index (χ0v) is 11.4. The van der Waals surface area contributed by atoms with E-state index in [0.717, 1.165) is 16.9 Å². The fraction of sp³-hybridized carbons (Fsp3) is 0.0625. The normalized spacial score (nSPS) is 11.3. The molecule has 5 nitrogen and oxygen atoms in total. The smallest absolute Gasteiger partial charge is 0.229 e. The van der Waals surface area contributed by atoms with E-state index in [1.54, 1.807) is 21.2 Å². The molecule has 0 bridgehead atoms. The van der Waals surface area contributed by atoms with Gasteiger partial charge in [-0.05, 0) is 36.8 Å². The van der Waals surface area contributed by atoms with Crippen molar-refractivity contribution in [3.05, 3.63) is 72.1 Å². The van der Waals surface area contributed by atoms with Crippen molar-refractivity contribution in [2.75, 3.05) is 0 Å². The second-order valence-electron chi connectivity index (χ2n) is 4.98. The number of carbonyl (C=O) groups is 1. The first-order valence-electron chi connectivity index (χ1n) is 6.64. The van der Waals surface area contributed by atoms with E-state index in [4.69, 9.17) is 0 Å². The van der Waals surface area contributed by atoms with Crippen LogP contribution in [0, 0.1) is 6.92 Å². The average Bonchev–Trinajstić information content (AvgIpc) is 3.10. The summed E-state index contributed by atoms with van der Waals surface area (Å²) in [5, 5.41) is 0. The van der Waals surface area contributed by atoms with Gasteiger partial charge in [-0.2, -0.15) is 0 Å². The first-order valence-corrected chi connectivity index (χ1v) is 6.64. The molecule has 4 aromatic rings. The van der Waals surface area contributed by atoms with E-state index in [1.807, 2.05) is 49.6 Å².